The number of hydrogen-bond acceptors (Lipinski definition) is 3. The number of rotatable bonds is 7. The second-order valence-electron chi connectivity index (χ2n) is 4.82. The van der Waals surface area contributed by atoms with E-state index in [0.29, 0.717) is 5.56 Å². The molecule has 4 nitrogen and oxygen atoms in total. The molecular weight excluding hydrogens is 335 g/mol. The zero-order valence-electron chi connectivity index (χ0n) is 13.3. The van der Waals surface area contributed by atoms with Gasteiger partial charge in [0, 0.05) is 6.08 Å². The number of alkyl halides is 2. The van der Waals surface area contributed by atoms with Crippen LogP contribution in [0, 0.1) is 5.82 Å². The van der Waals surface area contributed by atoms with E-state index in [4.69, 9.17) is 4.74 Å². The van der Waals surface area contributed by atoms with Crippen LogP contribution < -0.4 is 14.8 Å². The molecule has 2 aromatic carbocycles. The van der Waals surface area contributed by atoms with E-state index in [1.165, 1.54) is 48.6 Å². The quantitative estimate of drug-likeness (QED) is 0.749. The third kappa shape index (κ3) is 5.56. The molecule has 0 saturated carbocycles. The molecule has 25 heavy (non-hydrogen) atoms. The largest absolute Gasteiger partial charge is 0.490 e. The van der Waals surface area contributed by atoms with Crippen molar-refractivity contribution in [3.05, 3.63) is 59.9 Å². The number of nitrogens with one attached hydrogen (secondary N) is 1. The standard InChI is InChI=1S/C18H16F3NO3/c1-2-24-16-11-12(7-9-15(16)25-18(20)21)8-10-17(23)22-14-6-4-3-5-13(14)19/h3-11,18H,2H2,1H3,(H,22,23)/b10-8+. The fourth-order valence-corrected chi connectivity index (χ4v) is 2.00. The molecule has 0 bridgehead atoms. The van der Waals surface area contributed by atoms with Gasteiger partial charge in [-0.3, -0.25) is 4.79 Å². The summed E-state index contributed by atoms with van der Waals surface area (Å²) in [7, 11) is 0. The van der Waals surface area contributed by atoms with Crippen molar-refractivity contribution in [2.75, 3.05) is 11.9 Å². The summed E-state index contributed by atoms with van der Waals surface area (Å²) in [5.41, 5.74) is 0.599. The van der Waals surface area contributed by atoms with Crippen LogP contribution >= 0.6 is 0 Å². The summed E-state index contributed by atoms with van der Waals surface area (Å²) in [6.45, 7) is -0.996. The second kappa shape index (κ2) is 8.77. The van der Waals surface area contributed by atoms with Gasteiger partial charge in [-0.05, 0) is 42.8 Å². The Morgan fingerprint density at radius 2 is 1.96 bits per heavy atom. The molecule has 7 heteroatoms. The number of carbonyl (C=O) groups excluding carboxylic acids is 1. The Kier molecular flexibility index (Phi) is 6.45. The minimum atomic E-state index is -2.97. The highest BCUT2D eigenvalue weighted by molar-refractivity contribution is 6.02. The van der Waals surface area contributed by atoms with E-state index in [1.807, 2.05) is 0 Å². The molecule has 0 saturated heterocycles. The molecule has 2 rings (SSSR count). The fraction of sp³-hybridized carbons (Fsp3) is 0.167. The number of anilines is 1. The first-order chi connectivity index (χ1) is 12.0. The van der Waals surface area contributed by atoms with E-state index in [9.17, 15) is 18.0 Å². The van der Waals surface area contributed by atoms with Crippen molar-refractivity contribution in [1.82, 2.24) is 0 Å². The van der Waals surface area contributed by atoms with Crippen molar-refractivity contribution >= 4 is 17.7 Å². The van der Waals surface area contributed by atoms with E-state index in [2.05, 4.69) is 10.1 Å². The Morgan fingerprint density at radius 3 is 2.64 bits per heavy atom. The number of halogens is 3. The summed E-state index contributed by atoms with van der Waals surface area (Å²) in [6, 6.07) is 10.1. The Hall–Kier alpha value is -2.96. The summed E-state index contributed by atoms with van der Waals surface area (Å²) < 4.78 is 47.8. The number of para-hydroxylation sites is 1. The Labute approximate surface area is 142 Å². The fourth-order valence-electron chi connectivity index (χ4n) is 2.00. The average Bonchev–Trinajstić information content (AvgIpc) is 2.57. The molecule has 0 atom stereocenters. The van der Waals surface area contributed by atoms with Gasteiger partial charge >= 0.3 is 6.61 Å². The molecule has 0 unspecified atom stereocenters. The van der Waals surface area contributed by atoms with Crippen LogP contribution in [0.5, 0.6) is 11.5 Å². The van der Waals surface area contributed by atoms with Crippen LogP contribution in [-0.4, -0.2) is 19.1 Å². The van der Waals surface area contributed by atoms with E-state index in [-0.39, 0.29) is 23.8 Å². The van der Waals surface area contributed by atoms with E-state index in [0.717, 1.165) is 0 Å². The number of amides is 1. The minimum Gasteiger partial charge on any atom is -0.490 e. The lowest BCUT2D eigenvalue weighted by Gasteiger charge is -2.11. The molecule has 0 fully saturated rings. The number of benzene rings is 2. The summed E-state index contributed by atoms with van der Waals surface area (Å²) in [6.07, 6.45) is 2.65. The Morgan fingerprint density at radius 1 is 1.20 bits per heavy atom. The number of carbonyl (C=O) groups is 1. The maximum atomic E-state index is 13.5. The monoisotopic (exact) mass is 351 g/mol. The van der Waals surface area contributed by atoms with Crippen LogP contribution in [0.3, 0.4) is 0 Å². The van der Waals surface area contributed by atoms with E-state index in [1.54, 1.807) is 13.0 Å². The van der Waals surface area contributed by atoms with Crippen molar-refractivity contribution < 1.29 is 27.4 Å². The molecule has 132 valence electrons. The number of ether oxygens (including phenoxy) is 2. The third-order valence-electron chi connectivity index (χ3n) is 3.04. The maximum absolute atomic E-state index is 13.5. The van der Waals surface area contributed by atoms with Gasteiger partial charge in [-0.15, -0.1) is 0 Å². The van der Waals surface area contributed by atoms with Gasteiger partial charge in [-0.25, -0.2) is 4.39 Å². The van der Waals surface area contributed by atoms with Crippen molar-refractivity contribution in [2.45, 2.75) is 13.5 Å². The zero-order chi connectivity index (χ0) is 18.2. The highest BCUT2D eigenvalue weighted by Crippen LogP contribution is 2.30. The lowest BCUT2D eigenvalue weighted by atomic mass is 10.2. The molecule has 2 aromatic rings. The highest BCUT2D eigenvalue weighted by Gasteiger charge is 2.11. The first-order valence-corrected chi connectivity index (χ1v) is 7.45. The van der Waals surface area contributed by atoms with Gasteiger partial charge in [-0.1, -0.05) is 18.2 Å². The number of hydrogen-bond donors (Lipinski definition) is 1. The molecule has 0 spiro atoms. The van der Waals surface area contributed by atoms with E-state index < -0.39 is 18.3 Å². The van der Waals surface area contributed by atoms with Crippen molar-refractivity contribution in [2.24, 2.45) is 0 Å². The smallest absolute Gasteiger partial charge is 0.387 e. The predicted octanol–water partition coefficient (Wildman–Crippen LogP) is 4.48. The average molecular weight is 351 g/mol. The lowest BCUT2D eigenvalue weighted by molar-refractivity contribution is -0.111. The van der Waals surface area contributed by atoms with Crippen molar-refractivity contribution in [1.29, 1.82) is 0 Å². The molecule has 1 amide bonds. The van der Waals surface area contributed by atoms with Crippen LogP contribution in [0.2, 0.25) is 0 Å². The SMILES string of the molecule is CCOc1cc(/C=C/C(=O)Nc2ccccc2F)ccc1OC(F)F. The van der Waals surface area contributed by atoms with Crippen LogP contribution in [0.15, 0.2) is 48.5 Å². The molecule has 0 aliphatic rings. The van der Waals surface area contributed by atoms with Gasteiger partial charge in [0.25, 0.3) is 0 Å². The topological polar surface area (TPSA) is 47.6 Å². The van der Waals surface area contributed by atoms with Gasteiger partial charge in [0.2, 0.25) is 5.91 Å². The molecule has 0 radical (unpaired) electrons. The first-order valence-electron chi connectivity index (χ1n) is 7.45. The van der Waals surface area contributed by atoms with Crippen LogP contribution in [0.25, 0.3) is 6.08 Å². The van der Waals surface area contributed by atoms with Crippen molar-refractivity contribution in [3.8, 4) is 11.5 Å². The van der Waals surface area contributed by atoms with E-state index >= 15 is 0 Å². The predicted molar refractivity (Wildman–Crippen MR) is 88.3 cm³/mol. The van der Waals surface area contributed by atoms with Crippen LogP contribution in [-0.2, 0) is 4.79 Å². The van der Waals surface area contributed by atoms with Gasteiger partial charge < -0.3 is 14.8 Å². The first kappa shape index (κ1) is 18.4. The Balaban J connectivity index is 2.10. The summed E-state index contributed by atoms with van der Waals surface area (Å²) >= 11 is 0. The Bertz CT molecular complexity index is 763. The zero-order valence-corrected chi connectivity index (χ0v) is 13.3. The molecule has 0 aliphatic carbocycles. The molecule has 0 aromatic heterocycles. The van der Waals surface area contributed by atoms with Crippen molar-refractivity contribution in [3.63, 3.8) is 0 Å². The second-order valence-corrected chi connectivity index (χ2v) is 4.82. The van der Waals surface area contributed by atoms with Crippen LogP contribution in [0.4, 0.5) is 18.9 Å². The lowest BCUT2D eigenvalue weighted by Crippen LogP contribution is -2.09. The molecule has 1 N–H and O–H groups in total. The summed E-state index contributed by atoms with van der Waals surface area (Å²) in [5.74, 6) is -1.03. The molecule has 0 heterocycles. The third-order valence-corrected chi connectivity index (χ3v) is 3.04. The van der Waals surface area contributed by atoms with Crippen LogP contribution in [0.1, 0.15) is 12.5 Å². The van der Waals surface area contributed by atoms with Gasteiger partial charge in [0.15, 0.2) is 11.5 Å². The summed E-state index contributed by atoms with van der Waals surface area (Å²) in [5, 5.41) is 2.40. The van der Waals surface area contributed by atoms with Gasteiger partial charge in [0.05, 0.1) is 12.3 Å². The maximum Gasteiger partial charge on any atom is 0.387 e. The highest BCUT2D eigenvalue weighted by atomic mass is 19.3. The van der Waals surface area contributed by atoms with Gasteiger partial charge in [0.1, 0.15) is 5.82 Å². The molecule has 0 aliphatic heterocycles. The summed E-state index contributed by atoms with van der Waals surface area (Å²) in [4.78, 5) is 11.8. The molecular formula is C18H16F3NO3. The van der Waals surface area contributed by atoms with Gasteiger partial charge in [-0.2, -0.15) is 8.78 Å². The minimum absolute atomic E-state index is 0.0628. The normalized spacial score (nSPS) is 10.9.